The Labute approximate surface area is 171 Å². The van der Waals surface area contributed by atoms with E-state index in [1.54, 1.807) is 0 Å². The van der Waals surface area contributed by atoms with Crippen molar-refractivity contribution >= 4 is 28.6 Å². The minimum Gasteiger partial charge on any atom is -0.469 e. The average molecular weight is 407 g/mol. The van der Waals surface area contributed by atoms with Crippen LogP contribution in [0.2, 0.25) is 0 Å². The quantitative estimate of drug-likeness (QED) is 0.657. The van der Waals surface area contributed by atoms with Crippen molar-refractivity contribution in [2.24, 2.45) is 5.92 Å². The summed E-state index contributed by atoms with van der Waals surface area (Å²) in [6.45, 7) is 0. The van der Waals surface area contributed by atoms with E-state index in [1.807, 2.05) is 0 Å². The lowest BCUT2D eigenvalue weighted by molar-refractivity contribution is -0.149. The summed E-state index contributed by atoms with van der Waals surface area (Å²) in [5, 5.41) is 5.05. The molecule has 3 aromatic heterocycles. The molecule has 30 heavy (non-hydrogen) atoms. The van der Waals surface area contributed by atoms with Crippen LogP contribution in [0.3, 0.4) is 0 Å². The Morgan fingerprint density at radius 1 is 1.23 bits per heavy atom. The number of ketones is 1. The molecule has 0 spiro atoms. The summed E-state index contributed by atoms with van der Waals surface area (Å²) in [6, 6.07) is 0.0844. The molecule has 0 unspecified atom stereocenters. The minimum atomic E-state index is -0.189. The second-order valence-corrected chi connectivity index (χ2v) is 8.46. The Morgan fingerprint density at radius 2 is 2.03 bits per heavy atom. The molecule has 6 rings (SSSR count). The van der Waals surface area contributed by atoms with Crippen LogP contribution < -0.4 is 5.73 Å². The van der Waals surface area contributed by atoms with E-state index in [9.17, 15) is 9.59 Å². The number of ether oxygens (including phenoxy) is 1. The molecule has 2 saturated carbocycles. The number of methoxy groups -OCH3 is 1. The highest BCUT2D eigenvalue weighted by Crippen LogP contribution is 2.50. The van der Waals surface area contributed by atoms with Crippen LogP contribution in [0.25, 0.3) is 22.3 Å². The zero-order chi connectivity index (χ0) is 20.6. The second-order valence-electron chi connectivity index (χ2n) is 8.46. The van der Waals surface area contributed by atoms with E-state index in [-0.39, 0.29) is 29.6 Å². The number of nitrogens with two attached hydrogens (primary N) is 1. The van der Waals surface area contributed by atoms with E-state index < -0.39 is 0 Å². The SMILES string of the molecule is COC(=O)C1CC(n2c3c(c4c(N)ncnc42)-c2noc(C4CC4)c2C(=O)CC3)C1. The number of nitrogens with zero attached hydrogens (tertiary/aromatic N) is 4. The Bertz CT molecular complexity index is 1220. The van der Waals surface area contributed by atoms with Crippen LogP contribution in [-0.2, 0) is 16.0 Å². The van der Waals surface area contributed by atoms with Crippen LogP contribution >= 0.6 is 0 Å². The van der Waals surface area contributed by atoms with Gasteiger partial charge in [-0.1, -0.05) is 5.16 Å². The van der Waals surface area contributed by atoms with Gasteiger partial charge in [-0.25, -0.2) is 9.97 Å². The van der Waals surface area contributed by atoms with Crippen LogP contribution in [0.1, 0.15) is 65.9 Å². The molecular weight excluding hydrogens is 386 g/mol. The molecule has 9 nitrogen and oxygen atoms in total. The number of anilines is 1. The number of rotatable bonds is 3. The predicted molar refractivity (Wildman–Crippen MR) is 106 cm³/mol. The second kappa shape index (κ2) is 6.13. The summed E-state index contributed by atoms with van der Waals surface area (Å²) in [4.78, 5) is 33.7. The van der Waals surface area contributed by atoms with Gasteiger partial charge in [0.25, 0.3) is 0 Å². The molecule has 3 aliphatic carbocycles. The van der Waals surface area contributed by atoms with Gasteiger partial charge in [-0.3, -0.25) is 9.59 Å². The fraction of sp³-hybridized carbons (Fsp3) is 0.476. The monoisotopic (exact) mass is 407 g/mol. The van der Waals surface area contributed by atoms with Crippen LogP contribution in [0, 0.1) is 5.92 Å². The Hall–Kier alpha value is -3.23. The number of fused-ring (bicyclic) bond motifs is 5. The van der Waals surface area contributed by atoms with Crippen molar-refractivity contribution in [1.29, 1.82) is 0 Å². The molecule has 0 saturated heterocycles. The third kappa shape index (κ3) is 2.31. The first-order chi connectivity index (χ1) is 14.6. The first-order valence-electron chi connectivity index (χ1n) is 10.3. The summed E-state index contributed by atoms with van der Waals surface area (Å²) < 4.78 is 12.7. The van der Waals surface area contributed by atoms with E-state index in [4.69, 9.17) is 15.0 Å². The van der Waals surface area contributed by atoms with Gasteiger partial charge in [0.15, 0.2) is 11.5 Å². The topological polar surface area (TPSA) is 126 Å². The summed E-state index contributed by atoms with van der Waals surface area (Å²) in [7, 11) is 1.41. The van der Waals surface area contributed by atoms with Crippen molar-refractivity contribution in [1.82, 2.24) is 19.7 Å². The molecule has 3 heterocycles. The molecule has 2 fully saturated rings. The van der Waals surface area contributed by atoms with Crippen LogP contribution in [0.4, 0.5) is 5.82 Å². The van der Waals surface area contributed by atoms with Gasteiger partial charge in [-0.2, -0.15) is 0 Å². The Balaban J connectivity index is 1.56. The summed E-state index contributed by atoms with van der Waals surface area (Å²) in [6.07, 6.45) is 5.76. The van der Waals surface area contributed by atoms with Gasteiger partial charge in [0.2, 0.25) is 0 Å². The highest BCUT2D eigenvalue weighted by atomic mass is 16.5. The summed E-state index contributed by atoms with van der Waals surface area (Å²) in [5.41, 5.74) is 9.94. The molecule has 3 aliphatic rings. The normalized spacial score (nSPS) is 22.9. The van der Waals surface area contributed by atoms with Gasteiger partial charge in [0.1, 0.15) is 23.5 Å². The smallest absolute Gasteiger partial charge is 0.308 e. The van der Waals surface area contributed by atoms with Gasteiger partial charge in [0, 0.05) is 29.6 Å². The highest BCUT2D eigenvalue weighted by Gasteiger charge is 2.42. The standard InChI is InChI=1S/C21H21N5O4/c1-29-21(28)10-6-11(7-10)26-12-4-5-13(27)15-17(25-30-18(15)9-2-3-9)14(12)16-19(22)23-8-24-20(16)26/h8-11H,2-7H2,1H3,(H2,22,23,24). The fourth-order valence-electron chi connectivity index (χ4n) is 4.98. The summed E-state index contributed by atoms with van der Waals surface area (Å²) >= 11 is 0. The molecule has 0 aromatic carbocycles. The lowest BCUT2D eigenvalue weighted by atomic mass is 9.80. The van der Waals surface area contributed by atoms with E-state index >= 15 is 0 Å². The maximum Gasteiger partial charge on any atom is 0.308 e. The zero-order valence-electron chi connectivity index (χ0n) is 16.6. The van der Waals surface area contributed by atoms with Crippen molar-refractivity contribution in [3.8, 4) is 11.3 Å². The van der Waals surface area contributed by atoms with E-state index in [0.717, 1.165) is 29.7 Å². The number of Topliss-reactive ketones (excluding diaryl/α,β-unsaturated/α-hetero) is 1. The molecule has 9 heteroatoms. The van der Waals surface area contributed by atoms with Crippen molar-refractivity contribution in [3.05, 3.63) is 23.3 Å². The number of esters is 1. The van der Waals surface area contributed by atoms with Crippen LogP contribution in [-0.4, -0.2) is 38.6 Å². The highest BCUT2D eigenvalue weighted by molar-refractivity contribution is 6.10. The number of carbonyl (C=O) groups excluding carboxylic acids is 2. The lowest BCUT2D eigenvalue weighted by Gasteiger charge is -2.35. The van der Waals surface area contributed by atoms with E-state index in [1.165, 1.54) is 13.4 Å². The Morgan fingerprint density at radius 3 is 2.77 bits per heavy atom. The zero-order valence-corrected chi connectivity index (χ0v) is 16.6. The Kier molecular flexibility index (Phi) is 3.60. The van der Waals surface area contributed by atoms with Gasteiger partial charge in [0.05, 0.1) is 24.0 Å². The molecule has 0 bridgehead atoms. The van der Waals surface area contributed by atoms with Crippen molar-refractivity contribution in [3.63, 3.8) is 0 Å². The van der Waals surface area contributed by atoms with Crippen molar-refractivity contribution in [2.45, 2.75) is 50.5 Å². The van der Waals surface area contributed by atoms with Gasteiger partial charge in [-0.15, -0.1) is 0 Å². The fourth-order valence-corrected chi connectivity index (χ4v) is 4.98. The maximum absolute atomic E-state index is 13.0. The third-order valence-electron chi connectivity index (χ3n) is 6.70. The van der Waals surface area contributed by atoms with Crippen molar-refractivity contribution < 1.29 is 18.8 Å². The first kappa shape index (κ1) is 17.6. The molecule has 0 radical (unpaired) electrons. The van der Waals surface area contributed by atoms with Crippen molar-refractivity contribution in [2.75, 3.05) is 12.8 Å². The number of carbonyl (C=O) groups is 2. The molecule has 2 N–H and O–H groups in total. The predicted octanol–water partition coefficient (Wildman–Crippen LogP) is 2.80. The number of hydrogen-bond acceptors (Lipinski definition) is 8. The third-order valence-corrected chi connectivity index (χ3v) is 6.70. The first-order valence-corrected chi connectivity index (χ1v) is 10.3. The molecule has 3 aromatic rings. The molecule has 154 valence electrons. The van der Waals surface area contributed by atoms with Gasteiger partial charge in [-0.05, 0) is 32.1 Å². The summed E-state index contributed by atoms with van der Waals surface area (Å²) in [5.74, 6) is 1.08. The number of aromatic nitrogens is 4. The van der Waals surface area contributed by atoms with E-state index in [0.29, 0.717) is 53.9 Å². The van der Waals surface area contributed by atoms with E-state index in [2.05, 4.69) is 19.7 Å². The number of hydrogen-bond donors (Lipinski definition) is 1. The largest absolute Gasteiger partial charge is 0.469 e. The maximum atomic E-state index is 13.0. The van der Waals surface area contributed by atoms with Crippen LogP contribution in [0.15, 0.2) is 10.9 Å². The minimum absolute atomic E-state index is 0.0560. The molecule has 0 aliphatic heterocycles. The van der Waals surface area contributed by atoms with Crippen LogP contribution in [0.5, 0.6) is 0 Å². The average Bonchev–Trinajstić information content (AvgIpc) is 3.40. The molecular formula is C21H21N5O4. The lowest BCUT2D eigenvalue weighted by Crippen LogP contribution is -2.34. The molecule has 0 atom stereocenters. The number of nitrogen functional groups attached to an aromatic ring is 1. The van der Waals surface area contributed by atoms with Gasteiger partial charge >= 0.3 is 5.97 Å². The molecule has 0 amide bonds. The van der Waals surface area contributed by atoms with Gasteiger partial charge < -0.3 is 19.6 Å².